The maximum atomic E-state index is 13.1. The van der Waals surface area contributed by atoms with Crippen LogP contribution in [0.1, 0.15) is 18.4 Å². The number of rotatable bonds is 6. The second kappa shape index (κ2) is 7.57. The summed E-state index contributed by atoms with van der Waals surface area (Å²) in [6, 6.07) is 7.40. The molecule has 1 aromatic carbocycles. The van der Waals surface area contributed by atoms with Gasteiger partial charge in [-0.05, 0) is 50.2 Å². The van der Waals surface area contributed by atoms with Crippen LogP contribution in [0.4, 0.5) is 0 Å². The number of carbonyl (C=O) groups excluding carboxylic acids is 1. The SMILES string of the molecule is COc1ccc(OC)c(CNC(=O)C2(n3cccn3)CCNCC2)c1. The number of nitrogens with zero attached hydrogens (tertiary/aromatic N) is 2. The molecule has 0 saturated carbocycles. The van der Waals surface area contributed by atoms with Gasteiger partial charge in [0.2, 0.25) is 5.91 Å². The predicted octanol–water partition coefficient (Wildman–Crippen LogP) is 1.30. The Balaban J connectivity index is 1.79. The number of ether oxygens (including phenoxy) is 2. The number of hydrogen-bond acceptors (Lipinski definition) is 5. The van der Waals surface area contributed by atoms with E-state index in [1.54, 1.807) is 25.1 Å². The molecule has 0 unspecified atom stereocenters. The fraction of sp³-hybridized carbons (Fsp3) is 0.444. The van der Waals surface area contributed by atoms with Crippen LogP contribution >= 0.6 is 0 Å². The lowest BCUT2D eigenvalue weighted by Crippen LogP contribution is -2.54. The number of aromatic nitrogens is 2. The topological polar surface area (TPSA) is 77.4 Å². The van der Waals surface area contributed by atoms with Gasteiger partial charge in [0, 0.05) is 24.5 Å². The minimum absolute atomic E-state index is 0.0254. The largest absolute Gasteiger partial charge is 0.497 e. The third-order valence-electron chi connectivity index (χ3n) is 4.72. The van der Waals surface area contributed by atoms with Gasteiger partial charge in [0.1, 0.15) is 17.0 Å². The summed E-state index contributed by atoms with van der Waals surface area (Å²) in [4.78, 5) is 13.1. The van der Waals surface area contributed by atoms with Crippen molar-refractivity contribution in [3.8, 4) is 11.5 Å². The summed E-state index contributed by atoms with van der Waals surface area (Å²) >= 11 is 0. The summed E-state index contributed by atoms with van der Waals surface area (Å²) in [5.41, 5.74) is 0.223. The minimum atomic E-state index is -0.652. The minimum Gasteiger partial charge on any atom is -0.497 e. The Hall–Kier alpha value is -2.54. The molecule has 0 aliphatic carbocycles. The van der Waals surface area contributed by atoms with Gasteiger partial charge >= 0.3 is 0 Å². The quantitative estimate of drug-likeness (QED) is 0.826. The molecule has 2 heterocycles. The molecule has 2 aromatic rings. The molecule has 2 N–H and O–H groups in total. The van der Waals surface area contributed by atoms with Gasteiger partial charge in [-0.25, -0.2) is 0 Å². The second-order valence-corrected chi connectivity index (χ2v) is 6.09. The van der Waals surface area contributed by atoms with Crippen molar-refractivity contribution in [3.63, 3.8) is 0 Å². The zero-order valence-electron chi connectivity index (χ0n) is 14.6. The number of nitrogens with one attached hydrogen (secondary N) is 2. The number of benzene rings is 1. The van der Waals surface area contributed by atoms with Crippen LogP contribution in [0.15, 0.2) is 36.7 Å². The molecular formula is C18H24N4O3. The predicted molar refractivity (Wildman–Crippen MR) is 93.7 cm³/mol. The van der Waals surface area contributed by atoms with E-state index in [1.165, 1.54) is 0 Å². The van der Waals surface area contributed by atoms with Crippen molar-refractivity contribution in [1.29, 1.82) is 0 Å². The molecule has 0 spiro atoms. The monoisotopic (exact) mass is 344 g/mol. The zero-order valence-corrected chi connectivity index (χ0v) is 14.6. The van der Waals surface area contributed by atoms with E-state index in [1.807, 2.05) is 30.5 Å². The molecule has 134 valence electrons. The van der Waals surface area contributed by atoms with E-state index in [0.29, 0.717) is 19.4 Å². The summed E-state index contributed by atoms with van der Waals surface area (Å²) in [6.07, 6.45) is 4.98. The average molecular weight is 344 g/mol. The normalized spacial score (nSPS) is 16.2. The highest BCUT2D eigenvalue weighted by Crippen LogP contribution is 2.28. The first kappa shape index (κ1) is 17.3. The van der Waals surface area contributed by atoms with Crippen molar-refractivity contribution in [2.24, 2.45) is 0 Å². The lowest BCUT2D eigenvalue weighted by atomic mass is 9.87. The summed E-state index contributed by atoms with van der Waals surface area (Å²) < 4.78 is 12.4. The van der Waals surface area contributed by atoms with Crippen molar-refractivity contribution < 1.29 is 14.3 Å². The Morgan fingerprint density at radius 3 is 2.76 bits per heavy atom. The Bertz CT molecular complexity index is 709. The Kier molecular flexibility index (Phi) is 5.23. The van der Waals surface area contributed by atoms with E-state index in [-0.39, 0.29) is 5.91 Å². The van der Waals surface area contributed by atoms with Crippen molar-refractivity contribution in [2.45, 2.75) is 24.9 Å². The molecule has 1 aromatic heterocycles. The highest BCUT2D eigenvalue weighted by atomic mass is 16.5. The number of piperidine rings is 1. The number of carbonyl (C=O) groups is 1. The van der Waals surface area contributed by atoms with Crippen LogP contribution in [0.25, 0.3) is 0 Å². The molecule has 25 heavy (non-hydrogen) atoms. The third-order valence-corrected chi connectivity index (χ3v) is 4.72. The van der Waals surface area contributed by atoms with Crippen LogP contribution in [0.2, 0.25) is 0 Å². The average Bonchev–Trinajstić information content (AvgIpc) is 3.21. The first-order chi connectivity index (χ1) is 12.2. The van der Waals surface area contributed by atoms with Gasteiger partial charge in [-0.2, -0.15) is 5.10 Å². The first-order valence-corrected chi connectivity index (χ1v) is 8.39. The number of hydrogen-bond donors (Lipinski definition) is 2. The molecule has 0 bridgehead atoms. The third kappa shape index (κ3) is 3.46. The molecule has 1 amide bonds. The van der Waals surface area contributed by atoms with Gasteiger partial charge in [0.05, 0.1) is 14.2 Å². The smallest absolute Gasteiger partial charge is 0.248 e. The molecule has 7 heteroatoms. The molecule has 1 aliphatic heterocycles. The van der Waals surface area contributed by atoms with Gasteiger partial charge in [0.15, 0.2) is 0 Å². The van der Waals surface area contributed by atoms with Crippen LogP contribution in [0.3, 0.4) is 0 Å². The van der Waals surface area contributed by atoms with Crippen LogP contribution in [-0.4, -0.2) is 43.0 Å². The van der Waals surface area contributed by atoms with Crippen molar-refractivity contribution in [3.05, 3.63) is 42.2 Å². The maximum absolute atomic E-state index is 13.1. The molecule has 1 fully saturated rings. The second-order valence-electron chi connectivity index (χ2n) is 6.09. The number of amides is 1. The zero-order chi connectivity index (χ0) is 17.7. The lowest BCUT2D eigenvalue weighted by molar-refractivity contribution is -0.132. The van der Waals surface area contributed by atoms with E-state index in [0.717, 1.165) is 30.2 Å². The van der Waals surface area contributed by atoms with Gasteiger partial charge in [0.25, 0.3) is 0 Å². The van der Waals surface area contributed by atoms with Gasteiger partial charge in [-0.15, -0.1) is 0 Å². The fourth-order valence-electron chi connectivity index (χ4n) is 3.28. The van der Waals surface area contributed by atoms with E-state index in [4.69, 9.17) is 9.47 Å². The summed E-state index contributed by atoms with van der Waals surface area (Å²) in [5, 5.41) is 10.7. The Morgan fingerprint density at radius 1 is 1.32 bits per heavy atom. The highest BCUT2D eigenvalue weighted by molar-refractivity contribution is 5.84. The molecular weight excluding hydrogens is 320 g/mol. The van der Waals surface area contributed by atoms with Gasteiger partial charge < -0.3 is 20.1 Å². The molecule has 1 aliphatic rings. The van der Waals surface area contributed by atoms with Gasteiger partial charge in [-0.3, -0.25) is 9.48 Å². The van der Waals surface area contributed by atoms with E-state index < -0.39 is 5.54 Å². The van der Waals surface area contributed by atoms with E-state index in [2.05, 4.69) is 15.7 Å². The standard InChI is InChI=1S/C18H24N4O3/c1-24-15-4-5-16(25-2)14(12-15)13-20-17(23)18(6-9-19-10-7-18)22-11-3-8-21-22/h3-5,8,11-12,19H,6-7,9-10,13H2,1-2H3,(H,20,23). The van der Waals surface area contributed by atoms with Crippen LogP contribution in [0.5, 0.6) is 11.5 Å². The van der Waals surface area contributed by atoms with Crippen LogP contribution < -0.4 is 20.1 Å². The Labute approximate surface area is 147 Å². The molecule has 1 saturated heterocycles. The summed E-state index contributed by atoms with van der Waals surface area (Å²) in [5.74, 6) is 1.43. The summed E-state index contributed by atoms with van der Waals surface area (Å²) in [7, 11) is 3.23. The molecule has 7 nitrogen and oxygen atoms in total. The number of methoxy groups -OCH3 is 2. The van der Waals surface area contributed by atoms with E-state index >= 15 is 0 Å². The van der Waals surface area contributed by atoms with Crippen molar-refractivity contribution in [1.82, 2.24) is 20.4 Å². The maximum Gasteiger partial charge on any atom is 0.248 e. The highest BCUT2D eigenvalue weighted by Gasteiger charge is 2.41. The lowest BCUT2D eigenvalue weighted by Gasteiger charge is -2.36. The Morgan fingerprint density at radius 2 is 2.12 bits per heavy atom. The molecule has 3 rings (SSSR count). The van der Waals surface area contributed by atoms with Gasteiger partial charge in [-0.1, -0.05) is 0 Å². The fourth-order valence-corrected chi connectivity index (χ4v) is 3.28. The van der Waals surface area contributed by atoms with E-state index in [9.17, 15) is 4.79 Å². The van der Waals surface area contributed by atoms with Crippen molar-refractivity contribution >= 4 is 5.91 Å². The molecule has 0 atom stereocenters. The van der Waals surface area contributed by atoms with Crippen molar-refractivity contribution in [2.75, 3.05) is 27.3 Å². The first-order valence-electron chi connectivity index (χ1n) is 8.39. The summed E-state index contributed by atoms with van der Waals surface area (Å²) in [6.45, 7) is 1.95. The van der Waals surface area contributed by atoms with Crippen LogP contribution in [-0.2, 0) is 16.9 Å². The molecule has 0 radical (unpaired) electrons. The van der Waals surface area contributed by atoms with Crippen LogP contribution in [0, 0.1) is 0 Å².